The molecule has 0 radical (unpaired) electrons. The predicted octanol–water partition coefficient (Wildman–Crippen LogP) is 4.44. The molecule has 124 valence electrons. The Balaban J connectivity index is 2.17. The maximum absolute atomic E-state index is 12.6. The summed E-state index contributed by atoms with van der Waals surface area (Å²) in [5, 5.41) is 9.73. The van der Waals surface area contributed by atoms with Gasteiger partial charge >= 0.3 is 12.3 Å². The van der Waals surface area contributed by atoms with Crippen molar-refractivity contribution in [3.63, 3.8) is 0 Å². The summed E-state index contributed by atoms with van der Waals surface area (Å²) in [4.78, 5) is 11.3. The van der Waals surface area contributed by atoms with Crippen LogP contribution >= 0.6 is 0 Å². The summed E-state index contributed by atoms with van der Waals surface area (Å²) in [7, 11) is 1.70. The molecule has 3 rings (SSSR count). The van der Waals surface area contributed by atoms with Crippen LogP contribution in [-0.2, 0) is 7.05 Å². The van der Waals surface area contributed by atoms with Crippen molar-refractivity contribution in [1.82, 2.24) is 4.57 Å². The van der Waals surface area contributed by atoms with Gasteiger partial charge in [0.05, 0.1) is 5.56 Å². The lowest BCUT2D eigenvalue weighted by Gasteiger charge is -2.13. The first-order chi connectivity index (χ1) is 11.3. The molecular formula is C17H12F3NO3. The zero-order chi connectivity index (χ0) is 17.5. The van der Waals surface area contributed by atoms with E-state index in [-0.39, 0.29) is 16.9 Å². The molecule has 1 N–H and O–H groups in total. The number of aromatic nitrogens is 1. The molecule has 0 aliphatic rings. The van der Waals surface area contributed by atoms with Gasteiger partial charge in [-0.2, -0.15) is 0 Å². The minimum atomic E-state index is -4.81. The van der Waals surface area contributed by atoms with Crippen molar-refractivity contribution in [3.05, 3.63) is 54.2 Å². The van der Waals surface area contributed by atoms with Crippen LogP contribution in [0.1, 0.15) is 10.4 Å². The Morgan fingerprint density at radius 1 is 1.17 bits per heavy atom. The molecule has 2 aromatic carbocycles. The van der Waals surface area contributed by atoms with Crippen LogP contribution in [-0.4, -0.2) is 22.0 Å². The number of halogens is 3. The average Bonchev–Trinajstić information content (AvgIpc) is 2.83. The molecule has 3 aromatic rings. The van der Waals surface area contributed by atoms with Gasteiger partial charge in [0.15, 0.2) is 0 Å². The fraction of sp³-hybridized carbons (Fsp3) is 0.118. The summed E-state index contributed by atoms with van der Waals surface area (Å²) in [6.07, 6.45) is -3.34. The van der Waals surface area contributed by atoms with E-state index in [4.69, 9.17) is 0 Å². The molecule has 0 fully saturated rings. The van der Waals surface area contributed by atoms with Gasteiger partial charge in [0.25, 0.3) is 0 Å². The highest BCUT2D eigenvalue weighted by molar-refractivity contribution is 6.04. The molecule has 1 heterocycles. The third-order valence-electron chi connectivity index (χ3n) is 3.64. The van der Waals surface area contributed by atoms with Crippen LogP contribution in [0.2, 0.25) is 0 Å². The molecule has 0 aliphatic carbocycles. The van der Waals surface area contributed by atoms with Crippen molar-refractivity contribution in [2.45, 2.75) is 6.36 Å². The van der Waals surface area contributed by atoms with E-state index >= 15 is 0 Å². The van der Waals surface area contributed by atoms with Crippen LogP contribution in [0.4, 0.5) is 13.2 Å². The molecular weight excluding hydrogens is 323 g/mol. The van der Waals surface area contributed by atoms with Crippen molar-refractivity contribution in [2.75, 3.05) is 0 Å². The number of carbonyl (C=O) groups is 1. The molecule has 0 aliphatic heterocycles. The van der Waals surface area contributed by atoms with E-state index in [2.05, 4.69) is 4.74 Å². The van der Waals surface area contributed by atoms with Gasteiger partial charge in [-0.05, 0) is 23.8 Å². The monoisotopic (exact) mass is 335 g/mol. The van der Waals surface area contributed by atoms with Crippen LogP contribution in [0.3, 0.4) is 0 Å². The third kappa shape index (κ3) is 2.92. The zero-order valence-electron chi connectivity index (χ0n) is 12.5. The van der Waals surface area contributed by atoms with E-state index in [1.165, 1.54) is 24.4 Å². The molecule has 24 heavy (non-hydrogen) atoms. The van der Waals surface area contributed by atoms with Crippen molar-refractivity contribution < 1.29 is 27.8 Å². The molecule has 0 saturated carbocycles. The van der Waals surface area contributed by atoms with Crippen LogP contribution < -0.4 is 4.74 Å². The number of aromatic carboxylic acids is 1. The topological polar surface area (TPSA) is 51.5 Å². The number of ether oxygens (including phenoxy) is 1. The summed E-state index contributed by atoms with van der Waals surface area (Å²) in [6.45, 7) is 0. The molecule has 0 atom stereocenters. The molecule has 0 bridgehead atoms. The number of alkyl halides is 3. The van der Waals surface area contributed by atoms with Gasteiger partial charge in [0, 0.05) is 29.7 Å². The normalized spacial score (nSPS) is 11.7. The Morgan fingerprint density at radius 2 is 1.88 bits per heavy atom. The van der Waals surface area contributed by atoms with Crippen LogP contribution in [0.15, 0.2) is 48.7 Å². The van der Waals surface area contributed by atoms with Crippen LogP contribution in [0.25, 0.3) is 22.0 Å². The highest BCUT2D eigenvalue weighted by Crippen LogP contribution is 2.35. The number of hydrogen-bond acceptors (Lipinski definition) is 2. The third-order valence-corrected chi connectivity index (χ3v) is 3.64. The fourth-order valence-electron chi connectivity index (χ4n) is 2.65. The van der Waals surface area contributed by atoms with Gasteiger partial charge in [0.1, 0.15) is 5.75 Å². The summed E-state index contributed by atoms with van der Waals surface area (Å²) < 4.78 is 43.4. The lowest BCUT2D eigenvalue weighted by atomic mass is 10.0. The number of para-hydroxylation sites is 1. The van der Waals surface area contributed by atoms with Crippen LogP contribution in [0.5, 0.6) is 5.75 Å². The Hall–Kier alpha value is -2.96. The second kappa shape index (κ2) is 5.59. The standard InChI is InChI=1S/C17H12F3NO3/c1-21-9-13(16(22)23)12-8-10(6-7-14(12)21)11-4-2-3-5-15(11)24-17(18,19)20/h2-9H,1H3,(H,22,23). The summed E-state index contributed by atoms with van der Waals surface area (Å²) in [6, 6.07) is 10.6. The van der Waals surface area contributed by atoms with Crippen molar-refractivity contribution >= 4 is 16.9 Å². The first-order valence-corrected chi connectivity index (χ1v) is 6.94. The van der Waals surface area contributed by atoms with E-state index in [1.807, 2.05) is 0 Å². The number of aryl methyl sites for hydroxylation is 1. The smallest absolute Gasteiger partial charge is 0.478 e. The van der Waals surface area contributed by atoms with E-state index < -0.39 is 12.3 Å². The summed E-state index contributed by atoms with van der Waals surface area (Å²) >= 11 is 0. The summed E-state index contributed by atoms with van der Waals surface area (Å²) in [5.74, 6) is -1.44. The Kier molecular flexibility index (Phi) is 3.71. The van der Waals surface area contributed by atoms with Gasteiger partial charge < -0.3 is 14.4 Å². The number of fused-ring (bicyclic) bond motifs is 1. The van der Waals surface area contributed by atoms with Gasteiger partial charge in [-0.1, -0.05) is 24.3 Å². The Bertz CT molecular complexity index is 928. The van der Waals surface area contributed by atoms with Gasteiger partial charge in [-0.25, -0.2) is 4.79 Å². The molecule has 0 saturated heterocycles. The highest BCUT2D eigenvalue weighted by Gasteiger charge is 2.32. The van der Waals surface area contributed by atoms with Crippen molar-refractivity contribution in [3.8, 4) is 16.9 Å². The predicted molar refractivity (Wildman–Crippen MR) is 82.0 cm³/mol. The number of hydrogen-bond donors (Lipinski definition) is 1. The number of rotatable bonds is 3. The van der Waals surface area contributed by atoms with Crippen molar-refractivity contribution in [1.29, 1.82) is 0 Å². The zero-order valence-corrected chi connectivity index (χ0v) is 12.5. The lowest BCUT2D eigenvalue weighted by Crippen LogP contribution is -2.17. The number of carboxylic acids is 1. The van der Waals surface area contributed by atoms with E-state index in [1.54, 1.807) is 35.9 Å². The van der Waals surface area contributed by atoms with Gasteiger partial charge in [-0.15, -0.1) is 13.2 Å². The highest BCUT2D eigenvalue weighted by atomic mass is 19.4. The van der Waals surface area contributed by atoms with Gasteiger partial charge in [-0.3, -0.25) is 0 Å². The number of carboxylic acid groups (broad SMARTS) is 1. The average molecular weight is 335 g/mol. The maximum Gasteiger partial charge on any atom is 0.573 e. The SMILES string of the molecule is Cn1cc(C(=O)O)c2cc(-c3ccccc3OC(F)(F)F)ccc21. The molecule has 0 spiro atoms. The summed E-state index contributed by atoms with van der Waals surface area (Å²) in [5.41, 5.74) is 1.43. The van der Waals surface area contributed by atoms with Crippen LogP contribution in [0, 0.1) is 0 Å². The second-order valence-corrected chi connectivity index (χ2v) is 5.23. The Morgan fingerprint density at radius 3 is 2.54 bits per heavy atom. The van der Waals surface area contributed by atoms with Crippen molar-refractivity contribution in [2.24, 2.45) is 7.05 Å². The largest absolute Gasteiger partial charge is 0.573 e. The van der Waals surface area contributed by atoms with E-state index in [0.717, 1.165) is 0 Å². The number of benzene rings is 2. The first kappa shape index (κ1) is 15.9. The fourth-order valence-corrected chi connectivity index (χ4v) is 2.65. The molecule has 0 amide bonds. The minimum absolute atomic E-state index is 0.0866. The number of nitrogens with zero attached hydrogens (tertiary/aromatic N) is 1. The lowest BCUT2D eigenvalue weighted by molar-refractivity contribution is -0.274. The van der Waals surface area contributed by atoms with Gasteiger partial charge in [0.2, 0.25) is 0 Å². The van der Waals surface area contributed by atoms with E-state index in [9.17, 15) is 23.1 Å². The molecule has 7 heteroatoms. The minimum Gasteiger partial charge on any atom is -0.478 e. The molecule has 0 unspecified atom stereocenters. The Labute approximate surface area is 134 Å². The maximum atomic E-state index is 12.6. The first-order valence-electron chi connectivity index (χ1n) is 6.94. The van der Waals surface area contributed by atoms with E-state index in [0.29, 0.717) is 16.5 Å². The molecule has 1 aromatic heterocycles. The second-order valence-electron chi connectivity index (χ2n) is 5.23. The quantitative estimate of drug-likeness (QED) is 0.770. The molecule has 4 nitrogen and oxygen atoms in total.